The first-order chi connectivity index (χ1) is 28.2. The van der Waals surface area contributed by atoms with Gasteiger partial charge >= 0.3 is 12.4 Å². The highest BCUT2D eigenvalue weighted by Gasteiger charge is 2.38. The normalized spacial score (nSPS) is 24.1. The number of anilines is 4. The van der Waals surface area contributed by atoms with Crippen LogP contribution in [0.15, 0.2) is 24.5 Å². The summed E-state index contributed by atoms with van der Waals surface area (Å²) in [4.78, 5) is 46.0. The standard InChI is InChI=1S/2C19H23F3N6O2/c1-10-16-17(27(3)11(2)18(29)25-16)24-15(23-10)7-12-6-13(30-9-12)8-28-5-4-14(26-28)19(20,21)22;1-10-16-17(27(3)11(2)18(29)26-16)25-15(24-10)7-12-6-13(30-9-12)8-28-14(4-5-23-28)19(20,21)22/h4-5,11-13H,6-9H2,1-3H3,(H,25,29);4-5,11-13H,6-9H2,1-3H3,(H,26,29)/t2*11-,12+,13+/m00/s1. The molecule has 8 rings (SSSR count). The lowest BCUT2D eigenvalue weighted by atomic mass is 10.0. The van der Waals surface area contributed by atoms with E-state index in [9.17, 15) is 35.9 Å². The lowest BCUT2D eigenvalue weighted by Crippen LogP contribution is -2.45. The molecule has 60 heavy (non-hydrogen) atoms. The van der Waals surface area contributed by atoms with Gasteiger partial charge in [0.25, 0.3) is 0 Å². The number of nitrogens with one attached hydrogen (secondary N) is 2. The second-order valence-electron chi connectivity index (χ2n) is 15.7. The number of likely N-dealkylation sites (N-methyl/N-ethyl adjacent to an activating group) is 2. The van der Waals surface area contributed by atoms with Crippen LogP contribution in [0.1, 0.15) is 61.1 Å². The molecule has 4 aliphatic heterocycles. The molecular weight excluding hydrogens is 802 g/mol. The second-order valence-corrected chi connectivity index (χ2v) is 15.7. The maximum absolute atomic E-state index is 13.0. The molecule has 16 nitrogen and oxygen atoms in total. The molecule has 2 fully saturated rings. The van der Waals surface area contributed by atoms with Crippen LogP contribution in [0.25, 0.3) is 0 Å². The van der Waals surface area contributed by atoms with Crippen LogP contribution >= 0.6 is 0 Å². The van der Waals surface area contributed by atoms with Gasteiger partial charge in [0.15, 0.2) is 17.3 Å². The fraction of sp³-hybridized carbons (Fsp3) is 0.579. The molecule has 0 aliphatic carbocycles. The first-order valence-electron chi connectivity index (χ1n) is 19.5. The van der Waals surface area contributed by atoms with Crippen LogP contribution in [0.2, 0.25) is 0 Å². The van der Waals surface area contributed by atoms with E-state index in [1.54, 1.807) is 6.92 Å². The summed E-state index contributed by atoms with van der Waals surface area (Å²) in [5.41, 5.74) is 0.952. The number of aromatic nitrogens is 8. The minimum absolute atomic E-state index is 0.0503. The Bertz CT molecular complexity index is 2230. The summed E-state index contributed by atoms with van der Waals surface area (Å²) in [7, 11) is 3.64. The smallest absolute Gasteiger partial charge is 0.376 e. The largest absolute Gasteiger partial charge is 0.435 e. The Hall–Kier alpha value is -5.38. The lowest BCUT2D eigenvalue weighted by molar-refractivity contribution is -0.145. The molecule has 0 spiro atoms. The number of hydrogen-bond acceptors (Lipinski definition) is 12. The maximum atomic E-state index is 13.0. The Morgan fingerprint density at radius 1 is 0.733 bits per heavy atom. The number of nitrogens with zero attached hydrogens (tertiary/aromatic N) is 10. The number of alkyl halides is 6. The van der Waals surface area contributed by atoms with Crippen LogP contribution in [0.4, 0.5) is 49.4 Å². The molecule has 22 heteroatoms. The van der Waals surface area contributed by atoms with E-state index >= 15 is 0 Å². The van der Waals surface area contributed by atoms with Crippen LogP contribution in [-0.4, -0.2) is 103 Å². The second kappa shape index (κ2) is 16.6. The number of carbonyl (C=O) groups excluding carboxylic acids is 2. The van der Waals surface area contributed by atoms with E-state index in [1.165, 1.54) is 10.9 Å². The number of fused-ring (bicyclic) bond motifs is 2. The predicted molar refractivity (Wildman–Crippen MR) is 204 cm³/mol. The topological polar surface area (TPSA) is 170 Å². The minimum Gasteiger partial charge on any atom is -0.376 e. The third-order valence-corrected chi connectivity index (χ3v) is 11.3. The van der Waals surface area contributed by atoms with E-state index in [2.05, 4.69) is 40.8 Å². The number of halogens is 6. The van der Waals surface area contributed by atoms with Crippen LogP contribution in [0.3, 0.4) is 0 Å². The van der Waals surface area contributed by atoms with Gasteiger partial charge in [0.1, 0.15) is 40.8 Å². The van der Waals surface area contributed by atoms with Gasteiger partial charge in [-0.1, -0.05) is 0 Å². The summed E-state index contributed by atoms with van der Waals surface area (Å²) in [6, 6.07) is 1.27. The van der Waals surface area contributed by atoms with Crippen molar-refractivity contribution in [2.24, 2.45) is 11.8 Å². The molecule has 2 saturated heterocycles. The summed E-state index contributed by atoms with van der Waals surface area (Å²) < 4.78 is 90.9. The fourth-order valence-electron chi connectivity index (χ4n) is 7.74. The Labute approximate surface area is 341 Å². The molecule has 6 atom stereocenters. The summed E-state index contributed by atoms with van der Waals surface area (Å²) in [6.45, 7) is 8.49. The molecule has 4 aliphatic rings. The van der Waals surface area contributed by atoms with Gasteiger partial charge in [0.2, 0.25) is 11.8 Å². The molecule has 4 aromatic heterocycles. The molecule has 324 valence electrons. The highest BCUT2D eigenvalue weighted by Crippen LogP contribution is 2.35. The van der Waals surface area contributed by atoms with Gasteiger partial charge in [-0.15, -0.1) is 0 Å². The van der Waals surface area contributed by atoms with Gasteiger partial charge in [-0.2, -0.15) is 36.5 Å². The molecule has 0 bridgehead atoms. The van der Waals surface area contributed by atoms with E-state index < -0.39 is 23.7 Å². The van der Waals surface area contributed by atoms with E-state index in [4.69, 9.17) is 9.47 Å². The van der Waals surface area contributed by atoms with Crippen molar-refractivity contribution in [1.29, 1.82) is 0 Å². The predicted octanol–water partition coefficient (Wildman–Crippen LogP) is 4.85. The fourth-order valence-corrected chi connectivity index (χ4v) is 7.74. The lowest BCUT2D eigenvalue weighted by Gasteiger charge is -2.32. The van der Waals surface area contributed by atoms with Crippen molar-refractivity contribution < 1.29 is 45.4 Å². The van der Waals surface area contributed by atoms with E-state index in [0.717, 1.165) is 23.0 Å². The first kappa shape index (κ1) is 42.7. The molecule has 4 aromatic rings. The molecule has 8 heterocycles. The number of carbonyl (C=O) groups is 2. The Kier molecular flexibility index (Phi) is 11.8. The van der Waals surface area contributed by atoms with Crippen LogP contribution < -0.4 is 20.4 Å². The van der Waals surface area contributed by atoms with Crippen molar-refractivity contribution >= 4 is 34.8 Å². The Morgan fingerprint density at radius 3 is 1.70 bits per heavy atom. The number of ether oxygens (including phenoxy) is 2. The number of aryl methyl sites for hydroxylation is 2. The van der Waals surface area contributed by atoms with E-state index in [-0.39, 0.29) is 61.0 Å². The summed E-state index contributed by atoms with van der Waals surface area (Å²) >= 11 is 0. The van der Waals surface area contributed by atoms with Crippen LogP contribution in [0.5, 0.6) is 0 Å². The number of hydrogen-bond donors (Lipinski definition) is 2. The van der Waals surface area contributed by atoms with Crippen molar-refractivity contribution in [1.82, 2.24) is 39.5 Å². The van der Waals surface area contributed by atoms with E-state index in [0.29, 0.717) is 84.9 Å². The Morgan fingerprint density at radius 2 is 1.23 bits per heavy atom. The zero-order valence-electron chi connectivity index (χ0n) is 33.8. The quantitative estimate of drug-likeness (QED) is 0.232. The molecule has 0 radical (unpaired) electrons. The van der Waals surface area contributed by atoms with Crippen molar-refractivity contribution in [3.63, 3.8) is 0 Å². The van der Waals surface area contributed by atoms with Crippen molar-refractivity contribution in [3.8, 4) is 0 Å². The van der Waals surface area contributed by atoms with Gasteiger partial charge in [-0.05, 0) is 64.5 Å². The monoisotopic (exact) mass is 848 g/mol. The third kappa shape index (κ3) is 9.18. The SMILES string of the molecule is Cc1nc(C[C@@H]2CO[C@@H](Cn3ccc(C(F)(F)F)n3)C2)nc2c1NC(=O)[C@H](C)N2C.Cc1nc(C[C@@H]2CO[C@@H](Cn3nccc3C(F)(F)F)C2)nc2c1NC(=O)[C@H](C)N2C. The number of rotatable bonds is 8. The molecular formula is C38H46F6N12O4. The highest BCUT2D eigenvalue weighted by molar-refractivity contribution is 6.03. The number of amides is 2. The van der Waals surface area contributed by atoms with Gasteiger partial charge in [-0.25, -0.2) is 19.9 Å². The van der Waals surface area contributed by atoms with Crippen molar-refractivity contribution in [2.75, 3.05) is 47.7 Å². The van der Waals surface area contributed by atoms with Crippen molar-refractivity contribution in [3.05, 3.63) is 59.0 Å². The molecule has 0 unspecified atom stereocenters. The van der Waals surface area contributed by atoms with Crippen LogP contribution in [0, 0.1) is 25.7 Å². The molecule has 0 aromatic carbocycles. The summed E-state index contributed by atoms with van der Waals surface area (Å²) in [5, 5.41) is 13.1. The molecule has 2 N–H and O–H groups in total. The van der Waals surface area contributed by atoms with Crippen molar-refractivity contribution in [2.45, 2.75) is 103 Å². The van der Waals surface area contributed by atoms with Crippen LogP contribution in [-0.2, 0) is 57.3 Å². The zero-order chi connectivity index (χ0) is 43.3. The molecule has 0 saturated carbocycles. The summed E-state index contributed by atoms with van der Waals surface area (Å²) in [6.07, 6.45) is -4.56. The molecule has 2 amide bonds. The first-order valence-corrected chi connectivity index (χ1v) is 19.5. The van der Waals surface area contributed by atoms with Gasteiger partial charge < -0.3 is 29.9 Å². The van der Waals surface area contributed by atoms with Gasteiger partial charge in [0, 0.05) is 39.3 Å². The van der Waals surface area contributed by atoms with Gasteiger partial charge in [0.05, 0.1) is 49.9 Å². The maximum Gasteiger partial charge on any atom is 0.435 e. The van der Waals surface area contributed by atoms with Gasteiger partial charge in [-0.3, -0.25) is 19.0 Å². The highest BCUT2D eigenvalue weighted by atomic mass is 19.4. The minimum atomic E-state index is -4.45. The Balaban J connectivity index is 0.000000181. The third-order valence-electron chi connectivity index (χ3n) is 11.3. The zero-order valence-corrected chi connectivity index (χ0v) is 33.8. The average molecular weight is 849 g/mol. The average Bonchev–Trinajstić information content (AvgIpc) is 4.01. The summed E-state index contributed by atoms with van der Waals surface area (Å²) in [5.74, 6) is 2.71. The van der Waals surface area contributed by atoms with E-state index in [1.807, 2.05) is 44.7 Å².